The van der Waals surface area contributed by atoms with Gasteiger partial charge in [-0.25, -0.2) is 4.79 Å². The molecular weight excluding hydrogens is 294 g/mol. The molecule has 0 aliphatic carbocycles. The van der Waals surface area contributed by atoms with Crippen LogP contribution < -0.4 is 4.74 Å². The molecule has 120 valence electrons. The predicted octanol–water partition coefficient (Wildman–Crippen LogP) is 2.98. The molecule has 2 rings (SSSR count). The van der Waals surface area contributed by atoms with Gasteiger partial charge in [0.2, 0.25) is 0 Å². The largest absolute Gasteiger partial charge is 0.489 e. The highest BCUT2D eigenvalue weighted by Gasteiger charge is 2.16. The Kier molecular flexibility index (Phi) is 6.17. The summed E-state index contributed by atoms with van der Waals surface area (Å²) in [6, 6.07) is 17.4. The van der Waals surface area contributed by atoms with Gasteiger partial charge in [-0.3, -0.25) is 0 Å². The van der Waals surface area contributed by atoms with Crippen LogP contribution in [0.5, 0.6) is 5.75 Å². The third-order valence-corrected chi connectivity index (χ3v) is 3.19. The van der Waals surface area contributed by atoms with E-state index in [1.165, 1.54) is 14.2 Å². The molecule has 0 N–H and O–H groups in total. The van der Waals surface area contributed by atoms with Crippen LogP contribution in [0.1, 0.15) is 11.1 Å². The van der Waals surface area contributed by atoms with Gasteiger partial charge in [0.15, 0.2) is 5.71 Å². The fourth-order valence-electron chi connectivity index (χ4n) is 2.08. The molecule has 0 atom stereocenters. The highest BCUT2D eigenvalue weighted by molar-refractivity contribution is 6.36. The van der Waals surface area contributed by atoms with Crippen LogP contribution in [0.2, 0.25) is 0 Å². The zero-order valence-corrected chi connectivity index (χ0v) is 13.2. The van der Waals surface area contributed by atoms with Gasteiger partial charge in [-0.15, -0.1) is 0 Å². The Bertz CT molecular complexity index is 668. The Morgan fingerprint density at radius 1 is 1.00 bits per heavy atom. The van der Waals surface area contributed by atoms with Crippen LogP contribution in [0.3, 0.4) is 0 Å². The summed E-state index contributed by atoms with van der Waals surface area (Å²) in [5.41, 5.74) is 2.09. The number of carbonyl (C=O) groups excluding carboxylic acids is 1. The molecule has 0 heterocycles. The minimum Gasteiger partial charge on any atom is -0.489 e. The average molecular weight is 313 g/mol. The monoisotopic (exact) mass is 313 g/mol. The van der Waals surface area contributed by atoms with Crippen molar-refractivity contribution in [1.82, 2.24) is 0 Å². The van der Waals surface area contributed by atoms with Crippen molar-refractivity contribution in [1.29, 1.82) is 0 Å². The maximum Gasteiger partial charge on any atom is 0.356 e. The van der Waals surface area contributed by atoms with E-state index in [0.29, 0.717) is 12.4 Å². The van der Waals surface area contributed by atoms with E-state index in [-0.39, 0.29) is 12.1 Å². The molecule has 5 nitrogen and oxygen atoms in total. The number of para-hydroxylation sites is 1. The maximum absolute atomic E-state index is 11.7. The zero-order chi connectivity index (χ0) is 16.5. The smallest absolute Gasteiger partial charge is 0.356 e. The lowest BCUT2D eigenvalue weighted by Gasteiger charge is -2.12. The molecule has 0 unspecified atom stereocenters. The molecule has 5 heteroatoms. The van der Waals surface area contributed by atoms with Crippen molar-refractivity contribution >= 4 is 11.7 Å². The minimum absolute atomic E-state index is 0.186. The summed E-state index contributed by atoms with van der Waals surface area (Å²) in [6.45, 7) is 0.451. The Balaban J connectivity index is 2.13. The summed E-state index contributed by atoms with van der Waals surface area (Å²) in [5.74, 6) is 0.175. The van der Waals surface area contributed by atoms with Gasteiger partial charge in [-0.05, 0) is 11.6 Å². The topological polar surface area (TPSA) is 57.1 Å². The van der Waals surface area contributed by atoms with Crippen molar-refractivity contribution < 1.29 is 19.1 Å². The van der Waals surface area contributed by atoms with Crippen molar-refractivity contribution in [3.8, 4) is 5.75 Å². The number of hydrogen-bond donors (Lipinski definition) is 0. The fraction of sp³-hybridized carbons (Fsp3) is 0.222. The van der Waals surface area contributed by atoms with Crippen LogP contribution in [-0.2, 0) is 27.4 Å². The van der Waals surface area contributed by atoms with Crippen LogP contribution in [0.15, 0.2) is 59.8 Å². The van der Waals surface area contributed by atoms with Crippen molar-refractivity contribution in [3.05, 3.63) is 65.7 Å². The molecule has 0 radical (unpaired) electrons. The average Bonchev–Trinajstić information content (AvgIpc) is 2.60. The van der Waals surface area contributed by atoms with Crippen LogP contribution in [0.4, 0.5) is 0 Å². The number of hydrogen-bond acceptors (Lipinski definition) is 5. The van der Waals surface area contributed by atoms with E-state index in [2.05, 4.69) is 5.16 Å². The van der Waals surface area contributed by atoms with Gasteiger partial charge in [0.1, 0.15) is 19.5 Å². The fourth-order valence-corrected chi connectivity index (χ4v) is 2.08. The van der Waals surface area contributed by atoms with Gasteiger partial charge < -0.3 is 14.3 Å². The Morgan fingerprint density at radius 3 is 2.39 bits per heavy atom. The Morgan fingerprint density at radius 2 is 1.70 bits per heavy atom. The van der Waals surface area contributed by atoms with Crippen LogP contribution in [0.25, 0.3) is 0 Å². The number of ether oxygens (including phenoxy) is 2. The van der Waals surface area contributed by atoms with E-state index < -0.39 is 5.97 Å². The second-order valence-corrected chi connectivity index (χ2v) is 4.77. The van der Waals surface area contributed by atoms with Gasteiger partial charge in [0.25, 0.3) is 0 Å². The molecular formula is C18H19NO4. The molecule has 0 aliphatic heterocycles. The van der Waals surface area contributed by atoms with Gasteiger partial charge in [0, 0.05) is 12.0 Å². The Labute approximate surface area is 135 Å². The summed E-state index contributed by atoms with van der Waals surface area (Å²) in [7, 11) is 2.70. The summed E-state index contributed by atoms with van der Waals surface area (Å²) in [5, 5.41) is 3.74. The van der Waals surface area contributed by atoms with Crippen LogP contribution >= 0.6 is 0 Å². The second kappa shape index (κ2) is 8.58. The molecule has 0 spiro atoms. The van der Waals surface area contributed by atoms with Gasteiger partial charge in [-0.2, -0.15) is 0 Å². The molecule has 0 aliphatic rings. The molecule has 0 aromatic heterocycles. The van der Waals surface area contributed by atoms with E-state index >= 15 is 0 Å². The highest BCUT2D eigenvalue weighted by Crippen LogP contribution is 2.20. The molecule has 0 saturated heterocycles. The maximum atomic E-state index is 11.7. The highest BCUT2D eigenvalue weighted by atomic mass is 16.6. The lowest BCUT2D eigenvalue weighted by Crippen LogP contribution is -2.19. The molecule has 2 aromatic rings. The van der Waals surface area contributed by atoms with Gasteiger partial charge >= 0.3 is 5.97 Å². The number of nitrogens with zero attached hydrogens (tertiary/aromatic N) is 1. The first-order valence-electron chi connectivity index (χ1n) is 7.17. The van der Waals surface area contributed by atoms with Gasteiger partial charge in [-0.1, -0.05) is 53.7 Å². The second-order valence-electron chi connectivity index (χ2n) is 4.77. The summed E-state index contributed by atoms with van der Waals surface area (Å²) < 4.78 is 10.6. The molecule has 0 bridgehead atoms. The number of esters is 1. The third kappa shape index (κ3) is 4.85. The first kappa shape index (κ1) is 16.5. The minimum atomic E-state index is -0.523. The predicted molar refractivity (Wildman–Crippen MR) is 87.4 cm³/mol. The summed E-state index contributed by atoms with van der Waals surface area (Å²) in [6.07, 6.45) is 0.269. The van der Waals surface area contributed by atoms with Crippen LogP contribution in [0, 0.1) is 0 Å². The van der Waals surface area contributed by atoms with Gasteiger partial charge in [0.05, 0.1) is 7.11 Å². The zero-order valence-electron chi connectivity index (χ0n) is 13.2. The van der Waals surface area contributed by atoms with E-state index in [0.717, 1.165) is 11.1 Å². The summed E-state index contributed by atoms with van der Waals surface area (Å²) >= 11 is 0. The molecule has 0 amide bonds. The standard InChI is InChI=1S/C18H19NO4/c1-21-18(20)16(19-22-2)12-15-10-6-7-11-17(15)23-13-14-8-4-3-5-9-14/h3-11H,12-13H2,1-2H3. The molecule has 23 heavy (non-hydrogen) atoms. The first-order chi connectivity index (χ1) is 11.2. The summed E-state index contributed by atoms with van der Waals surface area (Å²) in [4.78, 5) is 16.4. The molecule has 0 saturated carbocycles. The number of oxime groups is 1. The van der Waals surface area contributed by atoms with E-state index in [1.54, 1.807) is 0 Å². The Hall–Kier alpha value is -2.82. The van der Waals surface area contributed by atoms with Crippen molar-refractivity contribution in [2.75, 3.05) is 14.2 Å². The van der Waals surface area contributed by atoms with Crippen molar-refractivity contribution in [2.24, 2.45) is 5.16 Å². The number of rotatable bonds is 7. The molecule has 2 aromatic carbocycles. The number of benzene rings is 2. The molecule has 0 fully saturated rings. The van der Waals surface area contributed by atoms with E-state index in [9.17, 15) is 4.79 Å². The number of methoxy groups -OCH3 is 1. The number of carbonyl (C=O) groups is 1. The van der Waals surface area contributed by atoms with Crippen LogP contribution in [-0.4, -0.2) is 25.9 Å². The van der Waals surface area contributed by atoms with Crippen molar-refractivity contribution in [2.45, 2.75) is 13.0 Å². The lowest BCUT2D eigenvalue weighted by molar-refractivity contribution is -0.133. The third-order valence-electron chi connectivity index (χ3n) is 3.19. The lowest BCUT2D eigenvalue weighted by atomic mass is 10.1. The quantitative estimate of drug-likeness (QED) is 0.448. The normalized spacial score (nSPS) is 11.0. The SMILES string of the molecule is CON=C(Cc1ccccc1OCc1ccccc1)C(=O)OC. The first-order valence-corrected chi connectivity index (χ1v) is 7.17. The van der Waals surface area contributed by atoms with E-state index in [4.69, 9.17) is 14.3 Å². The van der Waals surface area contributed by atoms with Crippen molar-refractivity contribution in [3.63, 3.8) is 0 Å². The van der Waals surface area contributed by atoms with E-state index in [1.807, 2.05) is 54.6 Å².